The smallest absolute Gasteiger partial charge is 0.128 e. The zero-order valence-corrected chi connectivity index (χ0v) is 14.0. The number of nitriles is 1. The number of halogens is 2. The summed E-state index contributed by atoms with van der Waals surface area (Å²) in [5.41, 5.74) is 1.63. The highest BCUT2D eigenvalue weighted by Crippen LogP contribution is 2.22. The van der Waals surface area contributed by atoms with Gasteiger partial charge in [-0.3, -0.25) is 0 Å². The average molecular weight is 347 g/mol. The Morgan fingerprint density at radius 2 is 2.17 bits per heavy atom. The quantitative estimate of drug-likeness (QED) is 0.918. The van der Waals surface area contributed by atoms with Crippen LogP contribution < -0.4 is 10.2 Å². The number of nitrogens with zero attached hydrogens (tertiary/aromatic N) is 3. The SMILES string of the molecule is N#Cc1ccc(N2CC[C@@H](NCc3ccc(Cl)cc3Cl)C2)nc1. The van der Waals surface area contributed by atoms with E-state index in [9.17, 15) is 0 Å². The second-order valence-electron chi connectivity index (χ2n) is 5.57. The van der Waals surface area contributed by atoms with Gasteiger partial charge in [0.2, 0.25) is 0 Å². The van der Waals surface area contributed by atoms with E-state index in [4.69, 9.17) is 28.5 Å². The molecule has 2 aromatic rings. The van der Waals surface area contributed by atoms with E-state index in [-0.39, 0.29) is 0 Å². The van der Waals surface area contributed by atoms with Crippen LogP contribution in [-0.2, 0) is 6.54 Å². The van der Waals surface area contributed by atoms with Gasteiger partial charge in [0.15, 0.2) is 0 Å². The Hall–Kier alpha value is -1.80. The van der Waals surface area contributed by atoms with E-state index in [0.29, 0.717) is 21.7 Å². The molecule has 23 heavy (non-hydrogen) atoms. The second kappa shape index (κ2) is 7.18. The van der Waals surface area contributed by atoms with Crippen molar-refractivity contribution in [2.24, 2.45) is 0 Å². The number of benzene rings is 1. The van der Waals surface area contributed by atoms with Crippen LogP contribution >= 0.6 is 23.2 Å². The summed E-state index contributed by atoms with van der Waals surface area (Å²) in [4.78, 5) is 6.57. The van der Waals surface area contributed by atoms with Gasteiger partial charge in [0.25, 0.3) is 0 Å². The Balaban J connectivity index is 1.56. The molecule has 1 aromatic heterocycles. The maximum Gasteiger partial charge on any atom is 0.128 e. The lowest BCUT2D eigenvalue weighted by Gasteiger charge is -2.18. The molecule has 0 amide bonds. The summed E-state index contributed by atoms with van der Waals surface area (Å²) >= 11 is 12.1. The van der Waals surface area contributed by atoms with Gasteiger partial charge in [0, 0.05) is 41.9 Å². The zero-order chi connectivity index (χ0) is 16.2. The number of hydrogen-bond acceptors (Lipinski definition) is 4. The van der Waals surface area contributed by atoms with Crippen LogP contribution in [0.25, 0.3) is 0 Å². The predicted octanol–water partition coefficient (Wildman–Crippen LogP) is 3.63. The Bertz CT molecular complexity index is 724. The fourth-order valence-corrected chi connectivity index (χ4v) is 3.17. The molecule has 1 aliphatic rings. The fraction of sp³-hybridized carbons (Fsp3) is 0.294. The summed E-state index contributed by atoms with van der Waals surface area (Å²) in [5, 5.41) is 13.7. The monoisotopic (exact) mass is 346 g/mol. The van der Waals surface area contributed by atoms with Crippen molar-refractivity contribution in [2.75, 3.05) is 18.0 Å². The highest BCUT2D eigenvalue weighted by molar-refractivity contribution is 6.35. The van der Waals surface area contributed by atoms with Crippen molar-refractivity contribution in [3.63, 3.8) is 0 Å². The van der Waals surface area contributed by atoms with Crippen LogP contribution in [0.2, 0.25) is 10.0 Å². The van der Waals surface area contributed by atoms with Crippen molar-refractivity contribution in [3.8, 4) is 6.07 Å². The Kier molecular flexibility index (Phi) is 5.02. The number of rotatable bonds is 4. The molecule has 4 nitrogen and oxygen atoms in total. The van der Waals surface area contributed by atoms with Crippen molar-refractivity contribution in [2.45, 2.75) is 19.0 Å². The van der Waals surface area contributed by atoms with Crippen molar-refractivity contribution in [3.05, 3.63) is 57.7 Å². The first-order valence-electron chi connectivity index (χ1n) is 7.44. The first-order valence-corrected chi connectivity index (χ1v) is 8.20. The standard InChI is InChI=1S/C17H16Cl2N4/c18-14-3-2-13(16(19)7-14)10-21-15-5-6-23(11-15)17-4-1-12(8-20)9-22-17/h1-4,7,9,15,21H,5-6,10-11H2/t15-/m1/s1. The predicted molar refractivity (Wildman–Crippen MR) is 92.9 cm³/mol. The molecule has 1 aliphatic heterocycles. The molecular weight excluding hydrogens is 331 g/mol. The van der Waals surface area contributed by atoms with E-state index in [1.54, 1.807) is 18.3 Å². The summed E-state index contributed by atoms with van der Waals surface area (Å²) in [6, 6.07) is 11.7. The molecule has 6 heteroatoms. The number of anilines is 1. The summed E-state index contributed by atoms with van der Waals surface area (Å²) in [6.45, 7) is 2.56. The van der Waals surface area contributed by atoms with Crippen LogP contribution in [0.15, 0.2) is 36.5 Å². The molecule has 1 aromatic carbocycles. The van der Waals surface area contributed by atoms with Crippen LogP contribution in [0.5, 0.6) is 0 Å². The topological polar surface area (TPSA) is 52.0 Å². The van der Waals surface area contributed by atoms with Gasteiger partial charge in [-0.2, -0.15) is 5.26 Å². The van der Waals surface area contributed by atoms with Gasteiger partial charge in [-0.05, 0) is 36.2 Å². The van der Waals surface area contributed by atoms with Crippen LogP contribution in [0.4, 0.5) is 5.82 Å². The normalized spacial score (nSPS) is 17.3. The Morgan fingerprint density at radius 1 is 1.30 bits per heavy atom. The number of pyridine rings is 1. The maximum atomic E-state index is 8.82. The number of hydrogen-bond donors (Lipinski definition) is 1. The zero-order valence-electron chi connectivity index (χ0n) is 12.5. The molecule has 0 radical (unpaired) electrons. The fourth-order valence-electron chi connectivity index (χ4n) is 2.69. The van der Waals surface area contributed by atoms with Gasteiger partial charge in [-0.15, -0.1) is 0 Å². The largest absolute Gasteiger partial charge is 0.355 e. The minimum Gasteiger partial charge on any atom is -0.355 e. The van der Waals surface area contributed by atoms with E-state index in [0.717, 1.165) is 37.4 Å². The number of nitrogens with one attached hydrogen (secondary N) is 1. The lowest BCUT2D eigenvalue weighted by Crippen LogP contribution is -2.32. The number of aromatic nitrogens is 1. The molecule has 0 aliphatic carbocycles. The minimum absolute atomic E-state index is 0.388. The van der Waals surface area contributed by atoms with Gasteiger partial charge >= 0.3 is 0 Å². The van der Waals surface area contributed by atoms with Gasteiger partial charge < -0.3 is 10.2 Å². The summed E-state index contributed by atoms with van der Waals surface area (Å²) in [7, 11) is 0. The molecule has 1 fully saturated rings. The molecule has 0 spiro atoms. The van der Waals surface area contributed by atoms with Gasteiger partial charge in [0.1, 0.15) is 11.9 Å². The van der Waals surface area contributed by atoms with Crippen LogP contribution in [0, 0.1) is 11.3 Å². The van der Waals surface area contributed by atoms with Crippen molar-refractivity contribution in [1.29, 1.82) is 5.26 Å². The summed E-state index contributed by atoms with van der Waals surface area (Å²) in [6.07, 6.45) is 2.66. The van der Waals surface area contributed by atoms with Gasteiger partial charge in [-0.1, -0.05) is 29.3 Å². The Morgan fingerprint density at radius 3 is 2.87 bits per heavy atom. The van der Waals surface area contributed by atoms with E-state index in [1.807, 2.05) is 18.2 Å². The van der Waals surface area contributed by atoms with Crippen LogP contribution in [0.3, 0.4) is 0 Å². The van der Waals surface area contributed by atoms with E-state index in [2.05, 4.69) is 21.3 Å². The third-order valence-corrected chi connectivity index (χ3v) is 4.57. The highest BCUT2D eigenvalue weighted by Gasteiger charge is 2.23. The average Bonchev–Trinajstić information content (AvgIpc) is 3.03. The molecule has 0 bridgehead atoms. The molecular formula is C17H16Cl2N4. The van der Waals surface area contributed by atoms with Crippen LogP contribution in [-0.4, -0.2) is 24.1 Å². The molecule has 2 heterocycles. The first-order chi connectivity index (χ1) is 11.2. The van der Waals surface area contributed by atoms with Crippen LogP contribution in [0.1, 0.15) is 17.5 Å². The molecule has 1 atom stereocenters. The maximum absolute atomic E-state index is 8.82. The molecule has 0 unspecified atom stereocenters. The third-order valence-electron chi connectivity index (χ3n) is 3.99. The summed E-state index contributed by atoms with van der Waals surface area (Å²) < 4.78 is 0. The highest BCUT2D eigenvalue weighted by atomic mass is 35.5. The molecule has 1 N–H and O–H groups in total. The molecule has 1 saturated heterocycles. The Labute approximate surface area is 145 Å². The van der Waals surface area contributed by atoms with Gasteiger partial charge in [-0.25, -0.2) is 4.98 Å². The molecule has 3 rings (SSSR count). The third kappa shape index (κ3) is 3.94. The van der Waals surface area contributed by atoms with E-state index < -0.39 is 0 Å². The molecule has 0 saturated carbocycles. The van der Waals surface area contributed by atoms with Crippen molar-refractivity contribution in [1.82, 2.24) is 10.3 Å². The summed E-state index contributed by atoms with van der Waals surface area (Å²) in [5.74, 6) is 0.915. The van der Waals surface area contributed by atoms with E-state index >= 15 is 0 Å². The lowest BCUT2D eigenvalue weighted by molar-refractivity contribution is 0.551. The van der Waals surface area contributed by atoms with Gasteiger partial charge in [0.05, 0.1) is 5.56 Å². The second-order valence-corrected chi connectivity index (χ2v) is 6.41. The molecule has 118 valence electrons. The lowest BCUT2D eigenvalue weighted by atomic mass is 10.2. The van der Waals surface area contributed by atoms with Crippen molar-refractivity contribution >= 4 is 29.0 Å². The first kappa shape index (κ1) is 16.1. The minimum atomic E-state index is 0.388. The van der Waals surface area contributed by atoms with E-state index in [1.165, 1.54) is 0 Å². The van der Waals surface area contributed by atoms with Crippen molar-refractivity contribution < 1.29 is 0 Å².